The van der Waals surface area contributed by atoms with Gasteiger partial charge in [0.05, 0.1) is 8.81 Å². The summed E-state index contributed by atoms with van der Waals surface area (Å²) in [4.78, 5) is 0. The van der Waals surface area contributed by atoms with Crippen molar-refractivity contribution < 1.29 is 8.42 Å². The molecule has 1 heterocycles. The Hall–Kier alpha value is -0.600. The summed E-state index contributed by atoms with van der Waals surface area (Å²) in [7, 11) is -3.59. The molecule has 0 aliphatic carbocycles. The molecule has 0 fully saturated rings. The summed E-state index contributed by atoms with van der Waals surface area (Å²) in [5, 5.41) is 0.397. The van der Waals surface area contributed by atoms with Crippen molar-refractivity contribution in [1.82, 2.24) is 4.31 Å². The zero-order valence-corrected chi connectivity index (χ0v) is 15.2. The van der Waals surface area contributed by atoms with E-state index in [9.17, 15) is 8.42 Å². The Labute approximate surface area is 141 Å². The van der Waals surface area contributed by atoms with Crippen LogP contribution in [0.3, 0.4) is 0 Å². The predicted octanol–water partition coefficient (Wildman–Crippen LogP) is 3.96. The lowest BCUT2D eigenvalue weighted by atomic mass is 10.2. The second kappa shape index (κ2) is 6.66. The van der Waals surface area contributed by atoms with Gasteiger partial charge in [-0.3, -0.25) is 0 Å². The molecular formula is C13H14BrClN2O2S2. The van der Waals surface area contributed by atoms with Crippen molar-refractivity contribution in [2.45, 2.75) is 17.7 Å². The van der Waals surface area contributed by atoms with Crippen molar-refractivity contribution in [3.63, 3.8) is 0 Å². The van der Waals surface area contributed by atoms with Crippen molar-refractivity contribution in [2.24, 2.45) is 0 Å². The largest absolute Gasteiger partial charge is 0.398 e. The smallest absolute Gasteiger partial charge is 0.252 e. The molecule has 4 nitrogen and oxygen atoms in total. The van der Waals surface area contributed by atoms with Crippen molar-refractivity contribution in [3.05, 3.63) is 44.7 Å². The number of halogens is 2. The molecule has 0 spiro atoms. The Kier molecular flexibility index (Phi) is 5.32. The van der Waals surface area contributed by atoms with Crippen LogP contribution in [0.4, 0.5) is 5.69 Å². The Bertz CT molecular complexity index is 727. The molecule has 0 aliphatic rings. The summed E-state index contributed by atoms with van der Waals surface area (Å²) >= 11 is 10.3. The first-order chi connectivity index (χ1) is 9.86. The van der Waals surface area contributed by atoms with Gasteiger partial charge in [-0.2, -0.15) is 4.31 Å². The molecule has 0 amide bonds. The number of para-hydroxylation sites is 1. The van der Waals surface area contributed by atoms with E-state index in [1.54, 1.807) is 13.0 Å². The standard InChI is InChI=1S/C13H14BrClN2O2S2/c1-2-17(8-9-5-3-4-6-11(9)16)21(18,19)12-7-10(15)13(14)20-12/h3-7H,2,8,16H2,1H3. The zero-order valence-electron chi connectivity index (χ0n) is 11.2. The van der Waals surface area contributed by atoms with E-state index in [0.29, 0.717) is 21.0 Å². The Morgan fingerprint density at radius 2 is 2.05 bits per heavy atom. The molecule has 1 aromatic carbocycles. The van der Waals surface area contributed by atoms with Crippen molar-refractivity contribution >= 4 is 54.6 Å². The van der Waals surface area contributed by atoms with Gasteiger partial charge in [-0.1, -0.05) is 36.7 Å². The van der Waals surface area contributed by atoms with E-state index in [1.165, 1.54) is 10.4 Å². The maximum absolute atomic E-state index is 12.7. The van der Waals surface area contributed by atoms with Crippen LogP contribution in [0.1, 0.15) is 12.5 Å². The van der Waals surface area contributed by atoms with Crippen molar-refractivity contribution in [3.8, 4) is 0 Å². The van der Waals surface area contributed by atoms with Gasteiger partial charge in [0, 0.05) is 18.8 Å². The second-order valence-corrected chi connectivity index (χ2v) is 9.26. The third kappa shape index (κ3) is 3.60. The molecule has 2 rings (SSSR count). The lowest BCUT2D eigenvalue weighted by molar-refractivity contribution is 0.425. The highest BCUT2D eigenvalue weighted by molar-refractivity contribution is 9.11. The molecular weight excluding hydrogens is 396 g/mol. The number of hydrogen-bond donors (Lipinski definition) is 1. The van der Waals surface area contributed by atoms with Crippen LogP contribution in [0, 0.1) is 0 Å². The predicted molar refractivity (Wildman–Crippen MR) is 91.2 cm³/mol. The van der Waals surface area contributed by atoms with Gasteiger partial charge >= 0.3 is 0 Å². The van der Waals surface area contributed by atoms with E-state index in [-0.39, 0.29) is 10.8 Å². The molecule has 0 bridgehead atoms. The first-order valence-electron chi connectivity index (χ1n) is 6.14. The fourth-order valence-electron chi connectivity index (χ4n) is 1.82. The highest BCUT2D eigenvalue weighted by Gasteiger charge is 2.26. The molecule has 1 aromatic heterocycles. The molecule has 2 aromatic rings. The van der Waals surface area contributed by atoms with Crippen LogP contribution < -0.4 is 5.73 Å². The van der Waals surface area contributed by atoms with Crippen LogP contribution in [0.25, 0.3) is 0 Å². The Morgan fingerprint density at radius 1 is 1.38 bits per heavy atom. The lowest BCUT2D eigenvalue weighted by Gasteiger charge is -2.20. The number of nitrogens with two attached hydrogens (primary N) is 1. The number of thiophene rings is 1. The van der Waals surface area contributed by atoms with E-state index in [0.717, 1.165) is 16.9 Å². The maximum Gasteiger partial charge on any atom is 0.252 e. The molecule has 114 valence electrons. The fraction of sp³-hybridized carbons (Fsp3) is 0.231. The minimum absolute atomic E-state index is 0.218. The summed E-state index contributed by atoms with van der Waals surface area (Å²) in [6.45, 7) is 2.38. The van der Waals surface area contributed by atoms with Crippen LogP contribution in [-0.2, 0) is 16.6 Å². The van der Waals surface area contributed by atoms with E-state index < -0.39 is 10.0 Å². The van der Waals surface area contributed by atoms with Gasteiger partial charge in [-0.15, -0.1) is 11.3 Å². The average molecular weight is 410 g/mol. The van der Waals surface area contributed by atoms with E-state index >= 15 is 0 Å². The van der Waals surface area contributed by atoms with E-state index in [1.807, 2.05) is 18.2 Å². The summed E-state index contributed by atoms with van der Waals surface area (Å²) in [6, 6.07) is 8.70. The first-order valence-corrected chi connectivity index (χ1v) is 9.57. The number of hydrogen-bond acceptors (Lipinski definition) is 4. The first kappa shape index (κ1) is 16.8. The summed E-state index contributed by atoms with van der Waals surface area (Å²) in [5.74, 6) is 0. The molecule has 0 saturated carbocycles. The van der Waals surface area contributed by atoms with Gasteiger partial charge in [0.1, 0.15) is 4.21 Å². The zero-order chi connectivity index (χ0) is 15.6. The molecule has 0 atom stereocenters. The normalized spacial score (nSPS) is 12.0. The number of nitrogen functional groups attached to an aromatic ring is 1. The minimum atomic E-state index is -3.59. The van der Waals surface area contributed by atoms with Crippen LogP contribution >= 0.6 is 38.9 Å². The third-order valence-electron chi connectivity index (χ3n) is 2.97. The van der Waals surface area contributed by atoms with Gasteiger partial charge < -0.3 is 5.73 Å². The molecule has 21 heavy (non-hydrogen) atoms. The van der Waals surface area contributed by atoms with Gasteiger partial charge in [0.2, 0.25) is 0 Å². The highest BCUT2D eigenvalue weighted by atomic mass is 79.9. The molecule has 0 unspecified atom stereocenters. The third-order valence-corrected chi connectivity index (χ3v) is 7.82. The van der Waals surface area contributed by atoms with E-state index in [4.69, 9.17) is 17.3 Å². The summed E-state index contributed by atoms with van der Waals surface area (Å²) in [5.41, 5.74) is 7.25. The fourth-order valence-corrected chi connectivity index (χ4v) is 5.80. The minimum Gasteiger partial charge on any atom is -0.398 e. The lowest BCUT2D eigenvalue weighted by Crippen LogP contribution is -2.30. The summed E-state index contributed by atoms with van der Waals surface area (Å²) < 4.78 is 27.5. The molecule has 0 aliphatic heterocycles. The molecule has 2 N–H and O–H groups in total. The molecule has 0 radical (unpaired) electrons. The van der Waals surface area contributed by atoms with Crippen LogP contribution in [0.2, 0.25) is 5.02 Å². The van der Waals surface area contributed by atoms with E-state index in [2.05, 4.69) is 15.9 Å². The van der Waals surface area contributed by atoms with Crippen LogP contribution in [0.5, 0.6) is 0 Å². The van der Waals surface area contributed by atoms with Gasteiger partial charge in [-0.05, 0) is 33.6 Å². The Balaban J connectivity index is 2.34. The van der Waals surface area contributed by atoms with Gasteiger partial charge in [0.25, 0.3) is 10.0 Å². The molecule has 8 heteroatoms. The number of sulfonamides is 1. The average Bonchev–Trinajstić information content (AvgIpc) is 2.78. The van der Waals surface area contributed by atoms with Crippen LogP contribution in [-0.4, -0.2) is 19.3 Å². The topological polar surface area (TPSA) is 63.4 Å². The molecule has 0 saturated heterocycles. The van der Waals surface area contributed by atoms with Crippen molar-refractivity contribution in [1.29, 1.82) is 0 Å². The highest BCUT2D eigenvalue weighted by Crippen LogP contribution is 2.36. The van der Waals surface area contributed by atoms with Gasteiger partial charge in [0.15, 0.2) is 0 Å². The number of nitrogens with zero attached hydrogens (tertiary/aromatic N) is 1. The summed E-state index contributed by atoms with van der Waals surface area (Å²) in [6.07, 6.45) is 0. The van der Waals surface area contributed by atoms with Gasteiger partial charge in [-0.25, -0.2) is 8.42 Å². The SMILES string of the molecule is CCN(Cc1ccccc1N)S(=O)(=O)c1cc(Cl)c(Br)s1. The monoisotopic (exact) mass is 408 g/mol. The number of benzene rings is 1. The van der Waals surface area contributed by atoms with Crippen molar-refractivity contribution in [2.75, 3.05) is 12.3 Å². The Morgan fingerprint density at radius 3 is 2.57 bits per heavy atom. The number of rotatable bonds is 5. The maximum atomic E-state index is 12.7. The number of anilines is 1. The second-order valence-electron chi connectivity index (χ2n) is 4.32. The van der Waals surface area contributed by atoms with Crippen LogP contribution in [0.15, 0.2) is 38.3 Å². The quantitative estimate of drug-likeness (QED) is 0.760.